The Morgan fingerprint density at radius 2 is 2.05 bits per heavy atom. The predicted octanol–water partition coefficient (Wildman–Crippen LogP) is 3.46. The van der Waals surface area contributed by atoms with Gasteiger partial charge in [-0.1, -0.05) is 12.1 Å². The fraction of sp³-hybridized carbons (Fsp3) is 0.143. The molecular formula is C14H11FO3S. The Morgan fingerprint density at radius 3 is 2.84 bits per heavy atom. The number of benzene rings is 2. The van der Waals surface area contributed by atoms with Gasteiger partial charge in [0.15, 0.2) is 11.6 Å². The van der Waals surface area contributed by atoms with Gasteiger partial charge in [0.2, 0.25) is 0 Å². The molecular weight excluding hydrogens is 267 g/mol. The Hall–Kier alpha value is -1.88. The van der Waals surface area contributed by atoms with Gasteiger partial charge in [-0.25, -0.2) is 4.39 Å². The minimum Gasteiger partial charge on any atom is -0.508 e. The Balaban J connectivity index is 1.96. The molecule has 0 unspecified atom stereocenters. The summed E-state index contributed by atoms with van der Waals surface area (Å²) in [5, 5.41) is 18.8. The van der Waals surface area contributed by atoms with Crippen molar-refractivity contribution in [3.63, 3.8) is 0 Å². The van der Waals surface area contributed by atoms with E-state index in [4.69, 9.17) is 4.74 Å². The number of aromatic hydroxyl groups is 2. The van der Waals surface area contributed by atoms with Crippen LogP contribution in [0.4, 0.5) is 4.39 Å². The van der Waals surface area contributed by atoms with E-state index in [-0.39, 0.29) is 16.7 Å². The Labute approximate surface area is 113 Å². The maximum absolute atomic E-state index is 13.9. The van der Waals surface area contributed by atoms with E-state index in [1.807, 2.05) is 6.07 Å². The van der Waals surface area contributed by atoms with Gasteiger partial charge in [-0.05, 0) is 29.8 Å². The molecule has 2 N–H and O–H groups in total. The zero-order chi connectivity index (χ0) is 13.4. The molecule has 3 nitrogen and oxygen atoms in total. The van der Waals surface area contributed by atoms with Gasteiger partial charge in [0.25, 0.3) is 0 Å². The van der Waals surface area contributed by atoms with Crippen molar-refractivity contribution in [1.82, 2.24) is 0 Å². The molecule has 98 valence electrons. The lowest BCUT2D eigenvalue weighted by molar-refractivity contribution is 0.296. The molecule has 1 atom stereocenters. The average Bonchev–Trinajstić information content (AvgIpc) is 2.43. The smallest absolute Gasteiger partial charge is 0.182 e. The number of halogens is 1. The monoisotopic (exact) mass is 278 g/mol. The number of phenolic OH excluding ortho intramolecular Hbond substituents is 2. The highest BCUT2D eigenvalue weighted by molar-refractivity contribution is 7.99. The number of ether oxygens (including phenoxy) is 1. The normalized spacial score (nSPS) is 17.6. The minimum atomic E-state index is -0.660. The van der Waals surface area contributed by atoms with Crippen molar-refractivity contribution in [3.8, 4) is 17.2 Å². The summed E-state index contributed by atoms with van der Waals surface area (Å²) in [6.07, 6.45) is 0. The van der Waals surface area contributed by atoms with Crippen molar-refractivity contribution in [1.29, 1.82) is 0 Å². The second-order valence-electron chi connectivity index (χ2n) is 4.24. The molecule has 0 fully saturated rings. The molecule has 1 heterocycles. The Kier molecular flexibility index (Phi) is 2.98. The van der Waals surface area contributed by atoms with Gasteiger partial charge in [0.05, 0.1) is 10.1 Å². The van der Waals surface area contributed by atoms with Crippen molar-refractivity contribution >= 4 is 11.8 Å². The summed E-state index contributed by atoms with van der Waals surface area (Å²) in [7, 11) is 0. The lowest BCUT2D eigenvalue weighted by atomic mass is 10.1. The lowest BCUT2D eigenvalue weighted by Crippen LogP contribution is -2.13. The van der Waals surface area contributed by atoms with Gasteiger partial charge in [-0.15, -0.1) is 11.8 Å². The summed E-state index contributed by atoms with van der Waals surface area (Å²) in [6.45, 7) is 0.394. The first-order valence-corrected chi connectivity index (χ1v) is 6.63. The zero-order valence-corrected chi connectivity index (χ0v) is 10.7. The minimum absolute atomic E-state index is 0.115. The average molecular weight is 278 g/mol. The zero-order valence-electron chi connectivity index (χ0n) is 9.84. The first-order chi connectivity index (χ1) is 9.15. The van der Waals surface area contributed by atoms with Crippen LogP contribution in [0.3, 0.4) is 0 Å². The molecule has 0 aliphatic carbocycles. The van der Waals surface area contributed by atoms with Gasteiger partial charge in [-0.2, -0.15) is 0 Å². The van der Waals surface area contributed by atoms with Crippen LogP contribution in [0.15, 0.2) is 41.3 Å². The molecule has 0 spiro atoms. The van der Waals surface area contributed by atoms with E-state index in [0.717, 1.165) is 5.56 Å². The molecule has 3 rings (SSSR count). The SMILES string of the molecule is Oc1cccc([C@@H]2COc3ccc(O)c(F)c3S2)c1. The lowest BCUT2D eigenvalue weighted by Gasteiger charge is -2.25. The van der Waals surface area contributed by atoms with Crippen LogP contribution in [-0.2, 0) is 0 Å². The maximum Gasteiger partial charge on any atom is 0.182 e. The number of phenols is 2. The predicted molar refractivity (Wildman–Crippen MR) is 70.3 cm³/mol. The van der Waals surface area contributed by atoms with Crippen LogP contribution >= 0.6 is 11.8 Å². The van der Waals surface area contributed by atoms with Gasteiger partial charge < -0.3 is 14.9 Å². The van der Waals surface area contributed by atoms with E-state index in [0.29, 0.717) is 17.3 Å². The van der Waals surface area contributed by atoms with Crippen molar-refractivity contribution < 1.29 is 19.3 Å². The fourth-order valence-corrected chi connectivity index (χ4v) is 3.14. The van der Waals surface area contributed by atoms with Crippen LogP contribution in [0.1, 0.15) is 10.8 Å². The van der Waals surface area contributed by atoms with Crippen LogP contribution < -0.4 is 4.74 Å². The Morgan fingerprint density at radius 1 is 1.21 bits per heavy atom. The first-order valence-electron chi connectivity index (χ1n) is 5.75. The van der Waals surface area contributed by atoms with Crippen molar-refractivity contribution in [3.05, 3.63) is 47.8 Å². The van der Waals surface area contributed by atoms with E-state index in [1.54, 1.807) is 24.3 Å². The second-order valence-corrected chi connectivity index (χ2v) is 5.45. The molecule has 2 aromatic carbocycles. The van der Waals surface area contributed by atoms with Crippen molar-refractivity contribution in [2.75, 3.05) is 6.61 Å². The van der Waals surface area contributed by atoms with Gasteiger partial charge in [0, 0.05) is 0 Å². The molecule has 0 radical (unpaired) electrons. The molecule has 2 aromatic rings. The van der Waals surface area contributed by atoms with Gasteiger partial charge in [-0.3, -0.25) is 0 Å². The van der Waals surface area contributed by atoms with Crippen LogP contribution in [0.2, 0.25) is 0 Å². The van der Waals surface area contributed by atoms with Crippen molar-refractivity contribution in [2.45, 2.75) is 10.1 Å². The van der Waals surface area contributed by atoms with Crippen LogP contribution in [0, 0.1) is 5.82 Å². The summed E-state index contributed by atoms with van der Waals surface area (Å²) in [6, 6.07) is 9.64. The number of hydrogen-bond acceptors (Lipinski definition) is 4. The van der Waals surface area contributed by atoms with E-state index < -0.39 is 5.82 Å². The van der Waals surface area contributed by atoms with Gasteiger partial charge in [0.1, 0.15) is 18.1 Å². The van der Waals surface area contributed by atoms with Crippen LogP contribution in [0.5, 0.6) is 17.2 Å². The third kappa shape index (κ3) is 2.21. The molecule has 0 aromatic heterocycles. The highest BCUT2D eigenvalue weighted by atomic mass is 32.2. The van der Waals surface area contributed by atoms with E-state index in [9.17, 15) is 14.6 Å². The fourth-order valence-electron chi connectivity index (χ4n) is 1.98. The molecule has 0 saturated carbocycles. The van der Waals surface area contributed by atoms with E-state index in [1.165, 1.54) is 17.8 Å². The van der Waals surface area contributed by atoms with Gasteiger partial charge >= 0.3 is 0 Å². The molecule has 1 aliphatic rings. The number of rotatable bonds is 1. The topological polar surface area (TPSA) is 49.7 Å². The summed E-state index contributed by atoms with van der Waals surface area (Å²) in [5.74, 6) is -0.434. The standard InChI is InChI=1S/C14H11FO3S/c15-13-10(17)4-5-11-14(13)19-12(7-18-11)8-2-1-3-9(16)6-8/h1-6,12,16-17H,7H2/t12-/m0/s1. The summed E-state index contributed by atoms with van der Waals surface area (Å²) in [4.78, 5) is 0.305. The quantitative estimate of drug-likeness (QED) is 0.838. The summed E-state index contributed by atoms with van der Waals surface area (Å²) < 4.78 is 19.4. The maximum atomic E-state index is 13.9. The highest BCUT2D eigenvalue weighted by Crippen LogP contribution is 2.47. The Bertz CT molecular complexity index is 630. The second kappa shape index (κ2) is 4.66. The number of thioether (sulfide) groups is 1. The van der Waals surface area contributed by atoms with E-state index in [2.05, 4.69) is 0 Å². The highest BCUT2D eigenvalue weighted by Gasteiger charge is 2.26. The molecule has 5 heteroatoms. The summed E-state index contributed by atoms with van der Waals surface area (Å²) in [5.41, 5.74) is 0.860. The third-order valence-electron chi connectivity index (χ3n) is 2.93. The first kappa shape index (κ1) is 12.2. The van der Waals surface area contributed by atoms with Crippen LogP contribution in [-0.4, -0.2) is 16.8 Å². The number of fused-ring (bicyclic) bond motifs is 1. The largest absolute Gasteiger partial charge is 0.508 e. The summed E-state index contributed by atoms with van der Waals surface area (Å²) >= 11 is 1.29. The van der Waals surface area contributed by atoms with Crippen molar-refractivity contribution in [2.24, 2.45) is 0 Å². The molecule has 0 amide bonds. The molecule has 19 heavy (non-hydrogen) atoms. The molecule has 0 saturated heterocycles. The number of hydrogen-bond donors (Lipinski definition) is 2. The molecule has 1 aliphatic heterocycles. The van der Waals surface area contributed by atoms with Crippen LogP contribution in [0.25, 0.3) is 0 Å². The molecule has 0 bridgehead atoms. The van der Waals surface area contributed by atoms with E-state index >= 15 is 0 Å². The third-order valence-corrected chi connectivity index (χ3v) is 4.24.